The van der Waals surface area contributed by atoms with E-state index in [1.807, 2.05) is 0 Å². The zero-order valence-corrected chi connectivity index (χ0v) is 32.1. The molecule has 15 heteroatoms. The Hall–Kier alpha value is 0.520. The van der Waals surface area contributed by atoms with Gasteiger partial charge in [0.15, 0.2) is 13.6 Å². The van der Waals surface area contributed by atoms with Crippen molar-refractivity contribution >= 4 is 151 Å². The maximum Gasteiger partial charge on any atom is 0.263 e. The van der Waals surface area contributed by atoms with Gasteiger partial charge in [-0.15, -0.1) is 0 Å². The highest BCUT2D eigenvalue weighted by Gasteiger charge is 2.50. The van der Waals surface area contributed by atoms with Gasteiger partial charge in [0.2, 0.25) is 0 Å². The summed E-state index contributed by atoms with van der Waals surface area (Å²) >= 11 is 28.1. The molecule has 0 aliphatic carbocycles. The molecule has 0 radical (unpaired) electrons. The lowest BCUT2D eigenvalue weighted by Crippen LogP contribution is -2.45. The van der Waals surface area contributed by atoms with E-state index in [1.54, 1.807) is 48.5 Å². The summed E-state index contributed by atoms with van der Waals surface area (Å²) in [6.45, 7) is 0. The van der Waals surface area contributed by atoms with Gasteiger partial charge >= 0.3 is 0 Å². The van der Waals surface area contributed by atoms with Crippen LogP contribution in [0.3, 0.4) is 0 Å². The standard InChI is InChI=1S/C24H16Br8N2O5/c25-21(26,33-17(35)13-5-1-2-6-14(13)18(33)36)9-11-23(29,30)39-24(31,32)12-10-22(27,28)34-19(37)15-7-3-4-8-16(15)20(34)38/h1-8H,9-12H2. The number of carbonyl (C=O) groups is 4. The van der Waals surface area contributed by atoms with Crippen molar-refractivity contribution in [2.45, 2.75) is 39.2 Å². The highest BCUT2D eigenvalue weighted by molar-refractivity contribution is 9.26. The number of carbonyl (C=O) groups excluding carboxylic acids is 4. The molecule has 0 aromatic heterocycles. The summed E-state index contributed by atoms with van der Waals surface area (Å²) < 4.78 is 1.64. The van der Waals surface area contributed by atoms with Crippen LogP contribution < -0.4 is 0 Å². The lowest BCUT2D eigenvalue weighted by Gasteiger charge is -2.36. The number of benzene rings is 2. The second-order valence-electron chi connectivity index (χ2n) is 8.69. The van der Waals surface area contributed by atoms with Crippen LogP contribution in [0.2, 0.25) is 0 Å². The van der Waals surface area contributed by atoms with E-state index in [-0.39, 0.29) is 25.7 Å². The van der Waals surface area contributed by atoms with Gasteiger partial charge in [0, 0.05) is 12.8 Å². The summed E-state index contributed by atoms with van der Waals surface area (Å²) in [4.78, 5) is 54.0. The average molecular weight is 1050 g/mol. The quantitative estimate of drug-likeness (QED) is 0.135. The minimum Gasteiger partial charge on any atom is -0.326 e. The topological polar surface area (TPSA) is 84.0 Å². The van der Waals surface area contributed by atoms with Crippen LogP contribution in [0, 0.1) is 0 Å². The molecular weight excluding hydrogens is 1040 g/mol. The van der Waals surface area contributed by atoms with Gasteiger partial charge in [-0.3, -0.25) is 19.2 Å². The van der Waals surface area contributed by atoms with Gasteiger partial charge in [0.25, 0.3) is 23.6 Å². The second-order valence-corrected chi connectivity index (χ2v) is 23.3. The van der Waals surface area contributed by atoms with E-state index in [0.717, 1.165) is 9.80 Å². The predicted molar refractivity (Wildman–Crippen MR) is 176 cm³/mol. The minimum atomic E-state index is -1.17. The lowest BCUT2D eigenvalue weighted by atomic mass is 10.1. The number of halogens is 8. The molecule has 208 valence electrons. The maximum absolute atomic E-state index is 12.9. The van der Waals surface area contributed by atoms with E-state index >= 15 is 0 Å². The normalized spacial score (nSPS) is 16.3. The highest BCUT2D eigenvalue weighted by atomic mass is 79.9. The molecule has 4 amide bonds. The van der Waals surface area contributed by atoms with E-state index in [0.29, 0.717) is 22.3 Å². The molecule has 0 unspecified atom stereocenters. The number of ether oxygens (including phenoxy) is 1. The fraction of sp³-hybridized carbons (Fsp3) is 0.333. The predicted octanol–water partition coefficient (Wildman–Crippen LogP) is 8.93. The van der Waals surface area contributed by atoms with Gasteiger partial charge in [-0.25, -0.2) is 9.80 Å². The Bertz CT molecular complexity index is 1190. The number of hydrogen-bond donors (Lipinski definition) is 0. The molecule has 0 N–H and O–H groups in total. The van der Waals surface area contributed by atoms with Crippen LogP contribution in [0.1, 0.15) is 67.1 Å². The fourth-order valence-corrected chi connectivity index (χ4v) is 8.96. The number of fused-ring (bicyclic) bond motifs is 2. The molecule has 0 fully saturated rings. The van der Waals surface area contributed by atoms with Gasteiger partial charge in [-0.2, -0.15) is 0 Å². The van der Waals surface area contributed by atoms with Crippen LogP contribution in [0.25, 0.3) is 0 Å². The summed E-state index contributed by atoms with van der Waals surface area (Å²) in [7, 11) is 0. The van der Waals surface area contributed by atoms with E-state index in [1.165, 1.54) is 0 Å². The zero-order chi connectivity index (χ0) is 29.0. The summed E-state index contributed by atoms with van der Waals surface area (Å²) in [6.07, 6.45) is 1.06. The molecule has 2 aliphatic rings. The van der Waals surface area contributed by atoms with Crippen LogP contribution in [0.5, 0.6) is 0 Å². The van der Waals surface area contributed by atoms with Crippen LogP contribution in [-0.2, 0) is 4.74 Å². The third-order valence-corrected chi connectivity index (χ3v) is 11.2. The first-order chi connectivity index (χ1) is 18.0. The van der Waals surface area contributed by atoms with Crippen molar-refractivity contribution in [3.63, 3.8) is 0 Å². The first-order valence-electron chi connectivity index (χ1n) is 11.1. The molecule has 0 spiro atoms. The number of nitrogens with zero attached hydrogens (tertiary/aromatic N) is 2. The van der Waals surface area contributed by atoms with Gasteiger partial charge < -0.3 is 4.74 Å². The highest BCUT2D eigenvalue weighted by Crippen LogP contribution is 2.50. The van der Waals surface area contributed by atoms with Gasteiger partial charge in [-0.1, -0.05) is 24.3 Å². The monoisotopic (exact) mass is 1040 g/mol. The average Bonchev–Trinajstić information content (AvgIpc) is 3.27. The molecule has 0 atom stereocenters. The van der Waals surface area contributed by atoms with Gasteiger partial charge in [0.05, 0.1) is 22.3 Å². The Labute approximate surface area is 291 Å². The molecule has 2 aromatic rings. The van der Waals surface area contributed by atoms with Crippen molar-refractivity contribution in [1.29, 1.82) is 0 Å². The van der Waals surface area contributed by atoms with Crippen molar-refractivity contribution in [3.05, 3.63) is 70.8 Å². The Morgan fingerprint density at radius 3 is 1.00 bits per heavy atom. The fourth-order valence-electron chi connectivity index (χ4n) is 4.11. The molecule has 2 heterocycles. The number of rotatable bonds is 10. The molecular formula is C24H16Br8N2O5. The summed E-state index contributed by atoms with van der Waals surface area (Å²) in [6, 6.07) is 13.3. The van der Waals surface area contributed by atoms with Crippen molar-refractivity contribution in [2.24, 2.45) is 0 Å². The van der Waals surface area contributed by atoms with Crippen molar-refractivity contribution in [2.75, 3.05) is 0 Å². The first-order valence-corrected chi connectivity index (χ1v) is 17.5. The third kappa shape index (κ3) is 6.86. The zero-order valence-electron chi connectivity index (χ0n) is 19.4. The lowest BCUT2D eigenvalue weighted by molar-refractivity contribution is 0.0431. The van der Waals surface area contributed by atoms with E-state index in [4.69, 9.17) is 4.74 Å². The van der Waals surface area contributed by atoms with Crippen molar-refractivity contribution in [3.8, 4) is 0 Å². The molecule has 2 aliphatic heterocycles. The molecule has 0 saturated carbocycles. The summed E-state index contributed by atoms with van der Waals surface area (Å²) in [5.74, 6) is -1.63. The smallest absolute Gasteiger partial charge is 0.263 e. The number of alkyl halides is 8. The van der Waals surface area contributed by atoms with Crippen LogP contribution in [-0.4, -0.2) is 47.0 Å². The van der Waals surface area contributed by atoms with Crippen molar-refractivity contribution < 1.29 is 23.9 Å². The summed E-state index contributed by atoms with van der Waals surface area (Å²) in [5, 5.41) is 0. The van der Waals surface area contributed by atoms with E-state index in [9.17, 15) is 19.2 Å². The third-order valence-electron chi connectivity index (χ3n) is 5.97. The number of hydrogen-bond acceptors (Lipinski definition) is 5. The Morgan fingerprint density at radius 1 is 0.487 bits per heavy atom. The van der Waals surface area contributed by atoms with Crippen LogP contribution in [0.15, 0.2) is 48.5 Å². The van der Waals surface area contributed by atoms with E-state index in [2.05, 4.69) is 127 Å². The first kappa shape index (κ1) is 32.4. The second kappa shape index (κ2) is 11.9. The van der Waals surface area contributed by atoms with Gasteiger partial charge in [-0.05, 0) is 165 Å². The maximum atomic E-state index is 12.9. The van der Waals surface area contributed by atoms with E-state index < -0.39 is 37.2 Å². The largest absolute Gasteiger partial charge is 0.326 e. The molecule has 4 rings (SSSR count). The number of imide groups is 2. The SMILES string of the molecule is O=C1c2ccccc2C(=O)N1C(Br)(Br)CCC(Br)(Br)OC(Br)(Br)CCC(Br)(Br)N1C(=O)c2ccccc2C1=O. The Morgan fingerprint density at radius 2 is 0.744 bits per heavy atom. The van der Waals surface area contributed by atoms with Crippen LogP contribution in [0.4, 0.5) is 0 Å². The number of amides is 4. The Kier molecular flexibility index (Phi) is 9.89. The molecule has 0 saturated heterocycles. The molecule has 7 nitrogen and oxygen atoms in total. The van der Waals surface area contributed by atoms with Gasteiger partial charge in [0.1, 0.15) is 0 Å². The van der Waals surface area contributed by atoms with Crippen molar-refractivity contribution in [1.82, 2.24) is 9.80 Å². The molecule has 2 aromatic carbocycles. The van der Waals surface area contributed by atoms with Crippen LogP contribution >= 0.6 is 127 Å². The minimum absolute atomic E-state index is 0.251. The molecule has 39 heavy (non-hydrogen) atoms. The molecule has 0 bridgehead atoms. The summed E-state index contributed by atoms with van der Waals surface area (Å²) in [5.41, 5.74) is 1.38. The Balaban J connectivity index is 1.37.